The van der Waals surface area contributed by atoms with E-state index in [9.17, 15) is 28.1 Å². The van der Waals surface area contributed by atoms with Crippen molar-refractivity contribution < 1.29 is 27.6 Å². The topological polar surface area (TPSA) is 94.4 Å². The first-order valence-corrected chi connectivity index (χ1v) is 6.92. The number of nitro groups is 1. The number of hydrogen-bond donors (Lipinski definition) is 1. The maximum atomic E-state index is 12.7. The van der Waals surface area contributed by atoms with Gasteiger partial charge in [-0.1, -0.05) is 6.07 Å². The fraction of sp³-hybridized carbons (Fsp3) is 0.200. The Morgan fingerprint density at radius 1 is 1.32 bits per heavy atom. The van der Waals surface area contributed by atoms with Crippen LogP contribution in [0.4, 0.5) is 24.7 Å². The number of alkyl halides is 3. The van der Waals surface area contributed by atoms with Gasteiger partial charge < -0.3 is 20.2 Å². The second kappa shape index (κ2) is 7.16. The van der Waals surface area contributed by atoms with Crippen LogP contribution in [-0.4, -0.2) is 21.9 Å². The Morgan fingerprint density at radius 3 is 2.68 bits per heavy atom. The van der Waals surface area contributed by atoms with Crippen molar-refractivity contribution in [3.63, 3.8) is 0 Å². The molecule has 10 heteroatoms. The van der Waals surface area contributed by atoms with Crippen molar-refractivity contribution in [3.05, 3.63) is 58.3 Å². The Labute approximate surface area is 139 Å². The van der Waals surface area contributed by atoms with Gasteiger partial charge in [-0.15, -0.1) is 0 Å². The molecule has 0 aliphatic carbocycles. The van der Waals surface area contributed by atoms with Gasteiger partial charge in [0.2, 0.25) is 5.75 Å². The molecule has 1 aromatic carbocycles. The molecular weight excluding hydrogens is 343 g/mol. The summed E-state index contributed by atoms with van der Waals surface area (Å²) >= 11 is 0. The van der Waals surface area contributed by atoms with Crippen LogP contribution in [0.2, 0.25) is 0 Å². The Hall–Kier alpha value is -3.17. The fourth-order valence-electron chi connectivity index (χ4n) is 1.87. The highest BCUT2D eigenvalue weighted by molar-refractivity contribution is 5.94. The number of nitrogens with one attached hydrogen (secondary N) is 1. The summed E-state index contributed by atoms with van der Waals surface area (Å²) in [4.78, 5) is 25.7. The maximum Gasteiger partial charge on any atom is 0.416 e. The lowest BCUT2D eigenvalue weighted by Crippen LogP contribution is -2.30. The van der Waals surface area contributed by atoms with Gasteiger partial charge in [-0.05, 0) is 47.2 Å². The third kappa shape index (κ3) is 4.66. The van der Waals surface area contributed by atoms with E-state index in [0.29, 0.717) is 0 Å². The van der Waals surface area contributed by atoms with Gasteiger partial charge in [0.25, 0.3) is 5.91 Å². The number of rotatable bonds is 5. The number of pyridine rings is 1. The number of halogens is 3. The predicted molar refractivity (Wildman–Crippen MR) is 81.1 cm³/mol. The van der Waals surface area contributed by atoms with Crippen molar-refractivity contribution in [2.45, 2.75) is 19.2 Å². The normalized spacial score (nSPS) is 12.3. The van der Waals surface area contributed by atoms with Gasteiger partial charge in [0.05, 0.1) is 5.56 Å². The number of carbonyl (C=O) groups is 1. The molecule has 1 unspecified atom stereocenters. The van der Waals surface area contributed by atoms with E-state index in [4.69, 9.17) is 4.74 Å². The predicted octanol–water partition coefficient (Wildman–Crippen LogP) is 3.41. The minimum Gasteiger partial charge on any atom is -0.473 e. The molecule has 1 amide bonds. The summed E-state index contributed by atoms with van der Waals surface area (Å²) in [5.74, 6) is -1.56. The summed E-state index contributed by atoms with van der Waals surface area (Å²) in [7, 11) is 0. The Morgan fingerprint density at radius 2 is 2.04 bits per heavy atom. The smallest absolute Gasteiger partial charge is 0.416 e. The van der Waals surface area contributed by atoms with Gasteiger partial charge in [-0.25, -0.2) is 0 Å². The number of aromatic nitrogens is 1. The van der Waals surface area contributed by atoms with Crippen molar-refractivity contribution in [1.29, 1.82) is 0 Å². The molecule has 0 bridgehead atoms. The molecule has 0 radical (unpaired) electrons. The van der Waals surface area contributed by atoms with Gasteiger partial charge in [0, 0.05) is 5.69 Å². The van der Waals surface area contributed by atoms with E-state index in [1.54, 1.807) is 0 Å². The number of hydrogen-bond acceptors (Lipinski definition) is 5. The number of nitrogens with zero attached hydrogens (tertiary/aromatic N) is 2. The van der Waals surface area contributed by atoms with Gasteiger partial charge in [0.15, 0.2) is 6.10 Å². The van der Waals surface area contributed by atoms with Gasteiger partial charge >= 0.3 is 12.0 Å². The average molecular weight is 355 g/mol. The highest BCUT2D eigenvalue weighted by atomic mass is 19.4. The molecule has 0 saturated heterocycles. The van der Waals surface area contributed by atoms with Crippen LogP contribution in [0.15, 0.2) is 42.6 Å². The average Bonchev–Trinajstić information content (AvgIpc) is 2.54. The number of carbonyl (C=O) groups excluding carboxylic acids is 1. The van der Waals surface area contributed by atoms with E-state index < -0.39 is 34.5 Å². The van der Waals surface area contributed by atoms with Gasteiger partial charge in [-0.3, -0.25) is 4.79 Å². The third-order valence-electron chi connectivity index (χ3n) is 3.05. The highest BCUT2D eigenvalue weighted by Gasteiger charge is 2.30. The fourth-order valence-corrected chi connectivity index (χ4v) is 1.87. The molecule has 1 N–H and O–H groups in total. The number of amides is 1. The van der Waals surface area contributed by atoms with Crippen LogP contribution in [0.25, 0.3) is 0 Å². The number of ether oxygens (including phenoxy) is 1. The zero-order valence-electron chi connectivity index (χ0n) is 12.8. The molecule has 1 heterocycles. The number of benzene rings is 1. The monoisotopic (exact) mass is 355 g/mol. The summed E-state index contributed by atoms with van der Waals surface area (Å²) in [6, 6.07) is 6.73. The second-order valence-electron chi connectivity index (χ2n) is 4.91. The molecule has 25 heavy (non-hydrogen) atoms. The van der Waals surface area contributed by atoms with E-state index in [1.165, 1.54) is 31.3 Å². The second-order valence-corrected chi connectivity index (χ2v) is 4.91. The first-order chi connectivity index (χ1) is 11.7. The summed E-state index contributed by atoms with van der Waals surface area (Å²) in [6.07, 6.45) is -4.55. The summed E-state index contributed by atoms with van der Waals surface area (Å²) in [5.41, 5.74) is -0.988. The molecule has 2 aromatic rings. The Kier molecular flexibility index (Phi) is 5.20. The molecule has 1 atom stereocenters. The molecule has 0 spiro atoms. The lowest BCUT2D eigenvalue weighted by Gasteiger charge is -2.15. The van der Waals surface area contributed by atoms with Crippen LogP contribution in [0.5, 0.6) is 5.75 Å². The van der Waals surface area contributed by atoms with E-state index in [2.05, 4.69) is 10.3 Å². The van der Waals surface area contributed by atoms with Crippen LogP contribution in [0, 0.1) is 10.1 Å². The van der Waals surface area contributed by atoms with Crippen LogP contribution < -0.4 is 10.1 Å². The van der Waals surface area contributed by atoms with Crippen molar-refractivity contribution in [3.8, 4) is 5.75 Å². The lowest BCUT2D eigenvalue weighted by molar-refractivity contribution is -0.390. The Balaban J connectivity index is 2.10. The molecular formula is C15H12F3N3O4. The van der Waals surface area contributed by atoms with Crippen molar-refractivity contribution in [2.75, 3.05) is 5.32 Å². The van der Waals surface area contributed by atoms with Crippen LogP contribution in [-0.2, 0) is 11.0 Å². The standard InChI is InChI=1S/C15H12F3N3O4/c1-9(25-12-6-3-7-19-13(12)21(23)24)14(22)20-11-5-2-4-10(8-11)15(16,17)18/h2-9H,1H3,(H,20,22). The SMILES string of the molecule is CC(Oc1cccnc1[N+](=O)[O-])C(=O)Nc1cccc(C(F)(F)F)c1. The number of anilines is 1. The quantitative estimate of drug-likeness (QED) is 0.655. The van der Waals surface area contributed by atoms with Crippen LogP contribution in [0.3, 0.4) is 0 Å². The zero-order valence-corrected chi connectivity index (χ0v) is 12.8. The first-order valence-electron chi connectivity index (χ1n) is 6.92. The summed E-state index contributed by atoms with van der Waals surface area (Å²) < 4.78 is 43.2. The molecule has 7 nitrogen and oxygen atoms in total. The van der Waals surface area contributed by atoms with E-state index in [1.807, 2.05) is 0 Å². The third-order valence-corrected chi connectivity index (χ3v) is 3.05. The lowest BCUT2D eigenvalue weighted by atomic mass is 10.2. The zero-order chi connectivity index (χ0) is 18.6. The maximum absolute atomic E-state index is 12.7. The van der Waals surface area contributed by atoms with E-state index in [0.717, 1.165) is 18.2 Å². The minimum absolute atomic E-state index is 0.0732. The molecule has 0 aliphatic rings. The Bertz CT molecular complexity index is 796. The van der Waals surface area contributed by atoms with Crippen molar-refractivity contribution in [2.24, 2.45) is 0 Å². The van der Waals surface area contributed by atoms with E-state index in [-0.39, 0.29) is 11.4 Å². The van der Waals surface area contributed by atoms with Gasteiger partial charge in [0.1, 0.15) is 6.20 Å². The minimum atomic E-state index is -4.54. The summed E-state index contributed by atoms with van der Waals surface area (Å²) in [5, 5.41) is 13.1. The molecule has 0 saturated carbocycles. The van der Waals surface area contributed by atoms with E-state index >= 15 is 0 Å². The van der Waals surface area contributed by atoms with Crippen LogP contribution >= 0.6 is 0 Å². The summed E-state index contributed by atoms with van der Waals surface area (Å²) in [6.45, 7) is 1.31. The van der Waals surface area contributed by atoms with Gasteiger partial charge in [-0.2, -0.15) is 13.2 Å². The molecule has 2 rings (SSSR count). The highest BCUT2D eigenvalue weighted by Crippen LogP contribution is 2.30. The molecule has 132 valence electrons. The first kappa shape index (κ1) is 18.2. The van der Waals surface area contributed by atoms with Crippen molar-refractivity contribution in [1.82, 2.24) is 4.98 Å². The largest absolute Gasteiger partial charge is 0.473 e. The van der Waals surface area contributed by atoms with Crippen LogP contribution in [0.1, 0.15) is 12.5 Å². The molecule has 0 aliphatic heterocycles. The molecule has 0 fully saturated rings. The molecule has 1 aromatic heterocycles. The van der Waals surface area contributed by atoms with Crippen molar-refractivity contribution >= 4 is 17.4 Å².